The average molecular weight is 278 g/mol. The highest BCUT2D eigenvalue weighted by atomic mass is 35.5. The van der Waals surface area contributed by atoms with Crippen molar-refractivity contribution in [3.63, 3.8) is 0 Å². The van der Waals surface area contributed by atoms with Gasteiger partial charge >= 0.3 is 0 Å². The number of Topliss-reactive ketones (excluding diaryl/α,β-unsaturated/α-hetero) is 1. The van der Waals surface area contributed by atoms with Gasteiger partial charge in [-0.05, 0) is 37.0 Å². The van der Waals surface area contributed by atoms with E-state index in [2.05, 4.69) is 17.2 Å². The molecule has 19 heavy (non-hydrogen) atoms. The van der Waals surface area contributed by atoms with Gasteiger partial charge in [-0.3, -0.25) is 4.79 Å². The summed E-state index contributed by atoms with van der Waals surface area (Å²) in [4.78, 5) is 11.5. The van der Waals surface area contributed by atoms with Crippen molar-refractivity contribution < 1.29 is 9.53 Å². The van der Waals surface area contributed by atoms with E-state index in [-0.39, 0.29) is 11.8 Å². The molecule has 0 aliphatic carbocycles. The van der Waals surface area contributed by atoms with Crippen LogP contribution in [0.1, 0.15) is 12.5 Å². The Morgan fingerprint density at radius 2 is 2.21 bits per heavy atom. The monoisotopic (exact) mass is 277 g/mol. The van der Waals surface area contributed by atoms with E-state index >= 15 is 0 Å². The summed E-state index contributed by atoms with van der Waals surface area (Å²) >= 11 is 5.85. The van der Waals surface area contributed by atoms with E-state index in [0.29, 0.717) is 13.2 Å². The van der Waals surface area contributed by atoms with Crippen LogP contribution >= 0.6 is 11.6 Å². The van der Waals surface area contributed by atoms with Gasteiger partial charge in [0.1, 0.15) is 6.10 Å². The van der Waals surface area contributed by atoms with Crippen molar-refractivity contribution in [1.82, 2.24) is 5.32 Å². The Hall–Kier alpha value is -1.34. The number of ketones is 1. The van der Waals surface area contributed by atoms with Crippen LogP contribution in [0.3, 0.4) is 0 Å². The van der Waals surface area contributed by atoms with Crippen molar-refractivity contribution in [2.24, 2.45) is 0 Å². The molecule has 4 heteroatoms. The van der Waals surface area contributed by atoms with Gasteiger partial charge in [0.25, 0.3) is 0 Å². The molecule has 0 aromatic heterocycles. The minimum atomic E-state index is -0.436. The Morgan fingerprint density at radius 3 is 2.79 bits per heavy atom. The minimum absolute atomic E-state index is 0.153. The van der Waals surface area contributed by atoms with Gasteiger partial charge in [0, 0.05) is 17.6 Å². The largest absolute Gasteiger partial charge is 0.366 e. The number of rotatable bonds is 3. The first kappa shape index (κ1) is 14.1. The first-order chi connectivity index (χ1) is 9.19. The first-order valence-electron chi connectivity index (χ1n) is 6.25. The summed E-state index contributed by atoms with van der Waals surface area (Å²) in [6.45, 7) is 2.69. The molecule has 1 fully saturated rings. The van der Waals surface area contributed by atoms with E-state index in [0.717, 1.165) is 11.4 Å². The summed E-state index contributed by atoms with van der Waals surface area (Å²) in [7, 11) is 0. The van der Waals surface area contributed by atoms with Gasteiger partial charge in [-0.1, -0.05) is 29.7 Å². The zero-order valence-corrected chi connectivity index (χ0v) is 11.5. The van der Waals surface area contributed by atoms with Crippen molar-refractivity contribution in [2.75, 3.05) is 13.2 Å². The van der Waals surface area contributed by atoms with Gasteiger partial charge in [0.2, 0.25) is 5.78 Å². The van der Waals surface area contributed by atoms with Gasteiger partial charge in [0.05, 0.1) is 6.61 Å². The van der Waals surface area contributed by atoms with Crippen LogP contribution < -0.4 is 5.32 Å². The van der Waals surface area contributed by atoms with Gasteiger partial charge in [-0.25, -0.2) is 0 Å². The third-order valence-corrected chi connectivity index (χ3v) is 3.28. The van der Waals surface area contributed by atoms with E-state index in [1.54, 1.807) is 6.92 Å². The summed E-state index contributed by atoms with van der Waals surface area (Å²) in [5.74, 6) is 4.97. The predicted octanol–water partition coefficient (Wildman–Crippen LogP) is 1.83. The van der Waals surface area contributed by atoms with Crippen molar-refractivity contribution in [3.05, 3.63) is 34.9 Å². The SMILES string of the molecule is CC#CC(=O)C1CNC(Cc2ccc(Cl)cc2)CO1. The van der Waals surface area contributed by atoms with E-state index in [1.165, 1.54) is 5.56 Å². The van der Waals surface area contributed by atoms with E-state index < -0.39 is 6.10 Å². The molecule has 1 saturated heterocycles. The lowest BCUT2D eigenvalue weighted by molar-refractivity contribution is -0.127. The Balaban J connectivity index is 1.84. The molecule has 100 valence electrons. The number of hydrogen-bond donors (Lipinski definition) is 1. The number of halogens is 1. The van der Waals surface area contributed by atoms with Crippen LogP contribution in [0.15, 0.2) is 24.3 Å². The van der Waals surface area contributed by atoms with E-state index in [9.17, 15) is 4.79 Å². The zero-order valence-electron chi connectivity index (χ0n) is 10.8. The summed E-state index contributed by atoms with van der Waals surface area (Å²) in [5, 5.41) is 4.06. The Bertz CT molecular complexity index is 493. The molecule has 1 heterocycles. The third-order valence-electron chi connectivity index (χ3n) is 3.03. The molecule has 2 unspecified atom stereocenters. The highest BCUT2D eigenvalue weighted by molar-refractivity contribution is 6.30. The van der Waals surface area contributed by atoms with Gasteiger partial charge in [-0.2, -0.15) is 0 Å². The molecular weight excluding hydrogens is 262 g/mol. The molecule has 1 N–H and O–H groups in total. The van der Waals surface area contributed by atoms with Crippen molar-refractivity contribution in [3.8, 4) is 11.8 Å². The molecule has 0 amide bonds. The van der Waals surface area contributed by atoms with Crippen LogP contribution in [0.4, 0.5) is 0 Å². The Morgan fingerprint density at radius 1 is 1.47 bits per heavy atom. The molecule has 0 saturated carbocycles. The molecular formula is C15H16ClNO2. The second-order valence-electron chi connectivity index (χ2n) is 4.50. The predicted molar refractivity (Wildman–Crippen MR) is 75.1 cm³/mol. The molecule has 0 radical (unpaired) electrons. The van der Waals surface area contributed by atoms with Gasteiger partial charge in [0.15, 0.2) is 0 Å². The maximum Gasteiger partial charge on any atom is 0.235 e. The molecule has 1 aromatic carbocycles. The maximum absolute atomic E-state index is 11.5. The van der Waals surface area contributed by atoms with Crippen molar-refractivity contribution >= 4 is 17.4 Å². The Kier molecular flexibility index (Phi) is 4.98. The summed E-state index contributed by atoms with van der Waals surface area (Å²) in [6, 6.07) is 7.99. The molecule has 1 aliphatic heterocycles. The number of nitrogens with one attached hydrogen (secondary N) is 1. The lowest BCUT2D eigenvalue weighted by atomic mass is 10.0. The number of ether oxygens (including phenoxy) is 1. The number of carbonyl (C=O) groups excluding carboxylic acids is 1. The first-order valence-corrected chi connectivity index (χ1v) is 6.63. The van der Waals surface area contributed by atoms with Gasteiger partial charge < -0.3 is 10.1 Å². The van der Waals surface area contributed by atoms with Crippen LogP contribution in [-0.4, -0.2) is 31.1 Å². The van der Waals surface area contributed by atoms with Gasteiger partial charge in [-0.15, -0.1) is 0 Å². The number of carbonyl (C=O) groups is 1. The fourth-order valence-electron chi connectivity index (χ4n) is 2.03. The molecule has 0 spiro atoms. The summed E-state index contributed by atoms with van der Waals surface area (Å²) < 4.78 is 5.56. The zero-order chi connectivity index (χ0) is 13.7. The minimum Gasteiger partial charge on any atom is -0.366 e. The van der Waals surface area contributed by atoms with Crippen molar-refractivity contribution in [1.29, 1.82) is 0 Å². The van der Waals surface area contributed by atoms with Crippen LogP contribution in [0.5, 0.6) is 0 Å². The molecule has 2 atom stereocenters. The van der Waals surface area contributed by atoms with Crippen molar-refractivity contribution in [2.45, 2.75) is 25.5 Å². The quantitative estimate of drug-likeness (QED) is 0.677. The lowest BCUT2D eigenvalue weighted by Crippen LogP contribution is -2.49. The van der Waals surface area contributed by atoms with Crippen LogP contribution in [0, 0.1) is 11.8 Å². The normalized spacial score (nSPS) is 22.4. The molecule has 1 aromatic rings. The van der Waals surface area contributed by atoms with Crippen LogP contribution in [0.25, 0.3) is 0 Å². The van der Waals surface area contributed by atoms with E-state index in [4.69, 9.17) is 16.3 Å². The number of morpholine rings is 1. The highest BCUT2D eigenvalue weighted by Gasteiger charge is 2.25. The highest BCUT2D eigenvalue weighted by Crippen LogP contribution is 2.13. The molecule has 1 aliphatic rings. The van der Waals surface area contributed by atoms with Crippen LogP contribution in [-0.2, 0) is 16.0 Å². The third kappa shape index (κ3) is 4.07. The molecule has 3 nitrogen and oxygen atoms in total. The smallest absolute Gasteiger partial charge is 0.235 e. The second kappa shape index (κ2) is 6.72. The molecule has 0 bridgehead atoms. The fourth-order valence-corrected chi connectivity index (χ4v) is 2.16. The lowest BCUT2D eigenvalue weighted by Gasteiger charge is -2.28. The van der Waals surface area contributed by atoms with Crippen LogP contribution in [0.2, 0.25) is 5.02 Å². The maximum atomic E-state index is 11.5. The topological polar surface area (TPSA) is 38.3 Å². The van der Waals surface area contributed by atoms with E-state index in [1.807, 2.05) is 24.3 Å². The summed E-state index contributed by atoms with van der Waals surface area (Å²) in [5.41, 5.74) is 1.20. The second-order valence-corrected chi connectivity index (χ2v) is 4.93. The number of benzene rings is 1. The standard InChI is InChI=1S/C15H16ClNO2/c1-2-3-14(18)15-9-17-13(10-19-15)8-11-4-6-12(16)7-5-11/h4-7,13,15,17H,8-10H2,1H3. The number of hydrogen-bond acceptors (Lipinski definition) is 3. The summed E-state index contributed by atoms with van der Waals surface area (Å²) in [6.07, 6.45) is 0.422. The average Bonchev–Trinajstić information content (AvgIpc) is 2.42. The Labute approximate surface area is 118 Å². The fraction of sp³-hybridized carbons (Fsp3) is 0.400. The molecule has 2 rings (SSSR count).